The van der Waals surface area contributed by atoms with E-state index in [1.807, 2.05) is 18.7 Å². The fourth-order valence-corrected chi connectivity index (χ4v) is 4.77. The smallest absolute Gasteiger partial charge is 0.228 e. The molecule has 1 aliphatic carbocycles. The van der Waals surface area contributed by atoms with E-state index >= 15 is 0 Å². The van der Waals surface area contributed by atoms with Crippen LogP contribution in [0.5, 0.6) is 0 Å². The molecule has 1 aromatic carbocycles. The number of hydrogen-bond donors (Lipinski definition) is 1. The van der Waals surface area contributed by atoms with Crippen molar-refractivity contribution in [3.63, 3.8) is 0 Å². The number of hydrogen-bond acceptors (Lipinski definition) is 3. The van der Waals surface area contributed by atoms with E-state index in [0.717, 1.165) is 24.8 Å². The molecule has 28 heavy (non-hydrogen) atoms. The number of carbonyl (C=O) groups excluding carboxylic acids is 2. The van der Waals surface area contributed by atoms with Gasteiger partial charge in [-0.25, -0.2) is 0 Å². The number of benzene rings is 1. The maximum Gasteiger partial charge on any atom is 0.228 e. The van der Waals surface area contributed by atoms with Crippen molar-refractivity contribution in [2.75, 3.05) is 13.1 Å². The summed E-state index contributed by atoms with van der Waals surface area (Å²) in [6.07, 6.45) is 3.41. The Hall–Kier alpha value is -2.14. The molecule has 0 unspecified atom stereocenters. The third-order valence-electron chi connectivity index (χ3n) is 5.84. The van der Waals surface area contributed by atoms with E-state index in [1.54, 1.807) is 11.3 Å². The third kappa shape index (κ3) is 4.00. The zero-order valence-corrected chi connectivity index (χ0v) is 17.4. The number of thiophene rings is 1. The molecule has 4 rings (SSSR count). The number of rotatable bonds is 6. The van der Waals surface area contributed by atoms with Crippen LogP contribution in [0.3, 0.4) is 0 Å². The summed E-state index contributed by atoms with van der Waals surface area (Å²) in [7, 11) is 0. The molecule has 0 spiro atoms. The maximum absolute atomic E-state index is 13.1. The van der Waals surface area contributed by atoms with Crippen molar-refractivity contribution in [3.05, 3.63) is 46.7 Å². The topological polar surface area (TPSA) is 49.4 Å². The second kappa shape index (κ2) is 7.70. The summed E-state index contributed by atoms with van der Waals surface area (Å²) in [5, 5.41) is 7.33. The molecule has 0 radical (unpaired) electrons. The monoisotopic (exact) mass is 396 g/mol. The van der Waals surface area contributed by atoms with Gasteiger partial charge in [-0.2, -0.15) is 11.3 Å². The average Bonchev–Trinajstić information content (AvgIpc) is 3.20. The van der Waals surface area contributed by atoms with E-state index in [0.29, 0.717) is 19.5 Å². The van der Waals surface area contributed by atoms with Gasteiger partial charge in [-0.3, -0.25) is 9.59 Å². The lowest BCUT2D eigenvalue weighted by Gasteiger charge is -2.29. The third-order valence-corrected chi connectivity index (χ3v) is 6.53. The van der Waals surface area contributed by atoms with E-state index in [-0.39, 0.29) is 23.8 Å². The molecule has 1 aromatic heterocycles. The van der Waals surface area contributed by atoms with Crippen LogP contribution >= 0.6 is 11.3 Å². The van der Waals surface area contributed by atoms with E-state index in [2.05, 4.69) is 46.4 Å². The van der Waals surface area contributed by atoms with E-state index in [9.17, 15) is 9.59 Å². The summed E-state index contributed by atoms with van der Waals surface area (Å²) >= 11 is 1.69. The molecule has 2 heterocycles. The van der Waals surface area contributed by atoms with Gasteiger partial charge in [0.15, 0.2) is 0 Å². The zero-order valence-electron chi connectivity index (χ0n) is 16.6. The minimum absolute atomic E-state index is 0.0792. The largest absolute Gasteiger partial charge is 0.353 e. The van der Waals surface area contributed by atoms with Gasteiger partial charge < -0.3 is 10.2 Å². The van der Waals surface area contributed by atoms with Crippen LogP contribution < -0.4 is 5.32 Å². The van der Waals surface area contributed by atoms with Crippen LogP contribution in [0.1, 0.15) is 38.7 Å². The van der Waals surface area contributed by atoms with Crippen molar-refractivity contribution in [3.8, 4) is 11.1 Å². The molecular formula is C23H28N2O2S. The Morgan fingerprint density at radius 2 is 1.93 bits per heavy atom. The summed E-state index contributed by atoms with van der Waals surface area (Å²) in [5.74, 6) is 0.524. The lowest BCUT2D eigenvalue weighted by atomic mass is 9.79. The minimum atomic E-state index is -0.529. The van der Waals surface area contributed by atoms with Crippen LogP contribution in [0, 0.1) is 11.3 Å². The second-order valence-electron chi connectivity index (χ2n) is 8.58. The summed E-state index contributed by atoms with van der Waals surface area (Å²) in [6, 6.07) is 10.7. The summed E-state index contributed by atoms with van der Waals surface area (Å²) in [5.41, 5.74) is 3.05. The molecule has 1 aliphatic heterocycles. The Morgan fingerprint density at radius 1 is 1.18 bits per heavy atom. The summed E-state index contributed by atoms with van der Waals surface area (Å²) in [4.78, 5) is 27.6. The normalized spacial score (nSPS) is 21.9. The number of nitrogens with zero attached hydrogens (tertiary/aromatic N) is 1. The van der Waals surface area contributed by atoms with Crippen LogP contribution in [0.4, 0.5) is 0 Å². The van der Waals surface area contributed by atoms with Crippen LogP contribution in [0.15, 0.2) is 41.1 Å². The average molecular weight is 397 g/mol. The molecule has 1 saturated heterocycles. The first-order valence-electron chi connectivity index (χ1n) is 10.2. The van der Waals surface area contributed by atoms with Crippen LogP contribution in [0.2, 0.25) is 0 Å². The molecule has 2 aliphatic rings. The Kier molecular flexibility index (Phi) is 5.28. The SMILES string of the molecule is CC(C)NC(=O)[C@]1(Cc2ccc(-c3ccsc3)cc2)CCN(C(=O)C2CC2)C1. The fraction of sp³-hybridized carbons (Fsp3) is 0.478. The predicted molar refractivity (Wildman–Crippen MR) is 113 cm³/mol. The van der Waals surface area contributed by atoms with Gasteiger partial charge >= 0.3 is 0 Å². The molecule has 2 amide bonds. The van der Waals surface area contributed by atoms with Gasteiger partial charge in [0.05, 0.1) is 5.41 Å². The molecule has 5 heteroatoms. The highest BCUT2D eigenvalue weighted by Gasteiger charge is 2.48. The Labute approximate surface area is 170 Å². The second-order valence-corrected chi connectivity index (χ2v) is 9.36. The Morgan fingerprint density at radius 3 is 2.54 bits per heavy atom. The maximum atomic E-state index is 13.1. The molecule has 1 N–H and O–H groups in total. The van der Waals surface area contributed by atoms with Crippen molar-refractivity contribution in [2.24, 2.45) is 11.3 Å². The summed E-state index contributed by atoms with van der Waals surface area (Å²) in [6.45, 7) is 5.20. The van der Waals surface area contributed by atoms with E-state index < -0.39 is 5.41 Å². The first-order chi connectivity index (χ1) is 13.5. The van der Waals surface area contributed by atoms with Gasteiger partial charge in [-0.05, 0) is 73.0 Å². The lowest BCUT2D eigenvalue weighted by molar-refractivity contribution is -0.134. The van der Waals surface area contributed by atoms with Crippen molar-refractivity contribution >= 4 is 23.2 Å². The molecule has 4 nitrogen and oxygen atoms in total. The fourth-order valence-electron chi connectivity index (χ4n) is 4.11. The number of carbonyl (C=O) groups is 2. The molecule has 0 bridgehead atoms. The first-order valence-corrected chi connectivity index (χ1v) is 11.1. The lowest BCUT2D eigenvalue weighted by Crippen LogP contribution is -2.47. The molecule has 1 saturated carbocycles. The highest BCUT2D eigenvalue weighted by molar-refractivity contribution is 7.08. The van der Waals surface area contributed by atoms with E-state index in [1.165, 1.54) is 11.1 Å². The molecule has 2 fully saturated rings. The van der Waals surface area contributed by atoms with Gasteiger partial charge in [0.25, 0.3) is 0 Å². The van der Waals surface area contributed by atoms with Gasteiger partial charge in [0.1, 0.15) is 0 Å². The van der Waals surface area contributed by atoms with Crippen LogP contribution in [-0.4, -0.2) is 35.8 Å². The van der Waals surface area contributed by atoms with Gasteiger partial charge in [-0.15, -0.1) is 0 Å². The standard InChI is InChI=1S/C23H28N2O2S/c1-16(2)24-22(27)23(10-11-25(15-23)21(26)19-7-8-19)13-17-3-5-18(6-4-17)20-9-12-28-14-20/h3-6,9,12,14,16,19H,7-8,10-11,13,15H2,1-2H3,(H,24,27)/t23-/m0/s1. The van der Waals surface area contributed by atoms with Gasteiger partial charge in [0.2, 0.25) is 11.8 Å². The van der Waals surface area contributed by atoms with Crippen LogP contribution in [0.25, 0.3) is 11.1 Å². The van der Waals surface area contributed by atoms with Crippen molar-refractivity contribution in [1.82, 2.24) is 10.2 Å². The number of nitrogens with one attached hydrogen (secondary N) is 1. The van der Waals surface area contributed by atoms with Crippen molar-refractivity contribution in [2.45, 2.75) is 45.6 Å². The first kappa shape index (κ1) is 19.2. The van der Waals surface area contributed by atoms with Crippen molar-refractivity contribution < 1.29 is 9.59 Å². The molecule has 2 aromatic rings. The molecule has 1 atom stereocenters. The molecule has 148 valence electrons. The van der Waals surface area contributed by atoms with Gasteiger partial charge in [0, 0.05) is 25.0 Å². The molecular weight excluding hydrogens is 368 g/mol. The minimum Gasteiger partial charge on any atom is -0.353 e. The number of likely N-dealkylation sites (tertiary alicyclic amines) is 1. The van der Waals surface area contributed by atoms with Crippen LogP contribution in [-0.2, 0) is 16.0 Å². The van der Waals surface area contributed by atoms with Crippen molar-refractivity contribution in [1.29, 1.82) is 0 Å². The van der Waals surface area contributed by atoms with E-state index in [4.69, 9.17) is 0 Å². The van der Waals surface area contributed by atoms with Gasteiger partial charge in [-0.1, -0.05) is 24.3 Å². The quantitative estimate of drug-likeness (QED) is 0.799. The summed E-state index contributed by atoms with van der Waals surface area (Å²) < 4.78 is 0. The predicted octanol–water partition coefficient (Wildman–Crippen LogP) is 4.11. The number of amides is 2. The Balaban J connectivity index is 1.54. The Bertz CT molecular complexity index is 840. The highest BCUT2D eigenvalue weighted by atomic mass is 32.1. The highest BCUT2D eigenvalue weighted by Crippen LogP contribution is 2.39. The zero-order chi connectivity index (χ0) is 19.7.